The van der Waals surface area contributed by atoms with Crippen LogP contribution in [0.4, 0.5) is 10.5 Å². The van der Waals surface area contributed by atoms with Crippen molar-refractivity contribution < 1.29 is 14.7 Å². The van der Waals surface area contributed by atoms with Crippen LogP contribution in [0.25, 0.3) is 11.3 Å². The molecule has 1 aromatic heterocycles. The second-order valence-corrected chi connectivity index (χ2v) is 3.91. The Morgan fingerprint density at radius 2 is 2.11 bits per heavy atom. The lowest BCUT2D eigenvalue weighted by atomic mass is 10.1. The molecular formula is C12H12N4O3. The van der Waals surface area contributed by atoms with Crippen LogP contribution in [0.5, 0.6) is 0 Å². The van der Waals surface area contributed by atoms with Gasteiger partial charge < -0.3 is 16.2 Å². The van der Waals surface area contributed by atoms with Crippen molar-refractivity contribution in [1.82, 2.24) is 9.78 Å². The highest BCUT2D eigenvalue weighted by Crippen LogP contribution is 2.23. The molecule has 2 rings (SSSR count). The van der Waals surface area contributed by atoms with Gasteiger partial charge in [0.1, 0.15) is 0 Å². The Kier molecular flexibility index (Phi) is 3.19. The van der Waals surface area contributed by atoms with E-state index in [2.05, 4.69) is 10.4 Å². The highest BCUT2D eigenvalue weighted by atomic mass is 16.4. The summed E-state index contributed by atoms with van der Waals surface area (Å²) in [5.41, 5.74) is 6.90. The fourth-order valence-corrected chi connectivity index (χ4v) is 1.74. The molecule has 0 atom stereocenters. The molecule has 1 heterocycles. The van der Waals surface area contributed by atoms with Gasteiger partial charge in [-0.05, 0) is 18.2 Å². The number of aryl methyl sites for hydroxylation is 1. The number of amides is 2. The largest absolute Gasteiger partial charge is 0.476 e. The van der Waals surface area contributed by atoms with Gasteiger partial charge in [0, 0.05) is 18.3 Å². The van der Waals surface area contributed by atoms with Crippen LogP contribution in [0.3, 0.4) is 0 Å². The van der Waals surface area contributed by atoms with E-state index in [1.165, 1.54) is 10.7 Å². The lowest BCUT2D eigenvalue weighted by Gasteiger charge is -2.05. The van der Waals surface area contributed by atoms with E-state index in [-0.39, 0.29) is 5.69 Å². The van der Waals surface area contributed by atoms with Gasteiger partial charge in [0.2, 0.25) is 0 Å². The molecule has 4 N–H and O–H groups in total. The first-order valence-corrected chi connectivity index (χ1v) is 5.41. The summed E-state index contributed by atoms with van der Waals surface area (Å²) >= 11 is 0. The zero-order valence-corrected chi connectivity index (χ0v) is 10.1. The molecule has 98 valence electrons. The van der Waals surface area contributed by atoms with Gasteiger partial charge in [-0.2, -0.15) is 5.10 Å². The van der Waals surface area contributed by atoms with Crippen LogP contribution in [0.15, 0.2) is 30.3 Å². The van der Waals surface area contributed by atoms with Crippen LogP contribution < -0.4 is 11.1 Å². The number of hydrogen-bond acceptors (Lipinski definition) is 3. The first kappa shape index (κ1) is 12.6. The molecule has 7 heteroatoms. The summed E-state index contributed by atoms with van der Waals surface area (Å²) in [6.45, 7) is 0. The Balaban J connectivity index is 2.41. The maximum absolute atomic E-state index is 10.9. The Morgan fingerprint density at radius 1 is 1.37 bits per heavy atom. The van der Waals surface area contributed by atoms with Crippen LogP contribution in [0.1, 0.15) is 10.5 Å². The number of primary amides is 1. The summed E-state index contributed by atoms with van der Waals surface area (Å²) in [5, 5.41) is 15.2. The standard InChI is InChI=1S/C12H12N4O3/c1-16-10(6-9(15-16)11(17)18)7-3-2-4-8(5-7)14-12(13)19/h2-6H,1H3,(H,17,18)(H3,13,14,19). The fourth-order valence-electron chi connectivity index (χ4n) is 1.74. The molecule has 0 aliphatic carbocycles. The minimum atomic E-state index is -1.09. The number of hydrogen-bond donors (Lipinski definition) is 3. The number of nitrogens with one attached hydrogen (secondary N) is 1. The average Bonchev–Trinajstić information content (AvgIpc) is 2.71. The molecule has 0 bridgehead atoms. The minimum Gasteiger partial charge on any atom is -0.476 e. The summed E-state index contributed by atoms with van der Waals surface area (Å²) in [5.74, 6) is -1.09. The number of aromatic carboxylic acids is 1. The van der Waals surface area contributed by atoms with E-state index in [0.717, 1.165) is 5.56 Å². The van der Waals surface area contributed by atoms with Gasteiger partial charge in [0.25, 0.3) is 0 Å². The van der Waals surface area contributed by atoms with Crippen molar-refractivity contribution in [3.05, 3.63) is 36.0 Å². The zero-order valence-electron chi connectivity index (χ0n) is 10.1. The van der Waals surface area contributed by atoms with Crippen molar-refractivity contribution in [2.45, 2.75) is 0 Å². The third kappa shape index (κ3) is 2.71. The van der Waals surface area contributed by atoms with Crippen LogP contribution in [-0.2, 0) is 7.05 Å². The highest BCUT2D eigenvalue weighted by molar-refractivity contribution is 5.89. The molecule has 0 aliphatic heterocycles. The number of carbonyl (C=O) groups is 2. The minimum absolute atomic E-state index is 0.0363. The van der Waals surface area contributed by atoms with Gasteiger partial charge in [-0.25, -0.2) is 9.59 Å². The van der Waals surface area contributed by atoms with Gasteiger partial charge in [-0.15, -0.1) is 0 Å². The number of rotatable bonds is 3. The maximum atomic E-state index is 10.9. The number of nitrogens with two attached hydrogens (primary N) is 1. The van der Waals surface area contributed by atoms with Crippen LogP contribution >= 0.6 is 0 Å². The predicted octanol–water partition coefficient (Wildman–Crippen LogP) is 1.28. The molecule has 7 nitrogen and oxygen atoms in total. The van der Waals surface area contributed by atoms with E-state index >= 15 is 0 Å². The number of benzene rings is 1. The molecular weight excluding hydrogens is 248 g/mol. The van der Waals surface area contributed by atoms with Gasteiger partial charge in [0.05, 0.1) is 5.69 Å². The molecule has 2 amide bonds. The summed E-state index contributed by atoms with van der Waals surface area (Å²) in [4.78, 5) is 21.7. The maximum Gasteiger partial charge on any atom is 0.356 e. The van der Waals surface area contributed by atoms with Crippen LogP contribution in [0.2, 0.25) is 0 Å². The summed E-state index contributed by atoms with van der Waals surface area (Å²) in [7, 11) is 1.65. The number of carboxylic acids is 1. The quantitative estimate of drug-likeness (QED) is 0.771. The summed E-state index contributed by atoms with van der Waals surface area (Å²) in [6, 6.07) is 7.69. The topological polar surface area (TPSA) is 110 Å². The molecule has 19 heavy (non-hydrogen) atoms. The molecule has 0 aliphatic rings. The van der Waals surface area contributed by atoms with E-state index in [9.17, 15) is 9.59 Å². The molecule has 0 spiro atoms. The monoisotopic (exact) mass is 260 g/mol. The average molecular weight is 260 g/mol. The smallest absolute Gasteiger partial charge is 0.356 e. The van der Waals surface area contributed by atoms with Crippen molar-refractivity contribution in [2.24, 2.45) is 12.8 Å². The number of carbonyl (C=O) groups excluding carboxylic acids is 1. The van der Waals surface area contributed by atoms with E-state index in [1.54, 1.807) is 31.3 Å². The Labute approximate surface area is 108 Å². The van der Waals surface area contributed by atoms with Gasteiger partial charge >= 0.3 is 12.0 Å². The number of urea groups is 1. The van der Waals surface area contributed by atoms with Crippen molar-refractivity contribution >= 4 is 17.7 Å². The normalized spacial score (nSPS) is 10.2. The van der Waals surface area contributed by atoms with Crippen molar-refractivity contribution in [2.75, 3.05) is 5.32 Å². The summed E-state index contributed by atoms with van der Waals surface area (Å²) < 4.78 is 1.47. The molecule has 0 saturated carbocycles. The third-order valence-electron chi connectivity index (χ3n) is 2.52. The number of carboxylic acid groups (broad SMARTS) is 1. The Hall–Kier alpha value is -2.83. The molecule has 0 unspecified atom stereocenters. The first-order valence-electron chi connectivity index (χ1n) is 5.41. The van der Waals surface area contributed by atoms with Gasteiger partial charge in [-0.1, -0.05) is 12.1 Å². The van der Waals surface area contributed by atoms with E-state index in [1.807, 2.05) is 0 Å². The van der Waals surface area contributed by atoms with E-state index in [0.29, 0.717) is 11.4 Å². The third-order valence-corrected chi connectivity index (χ3v) is 2.52. The van der Waals surface area contributed by atoms with Crippen LogP contribution in [-0.4, -0.2) is 26.9 Å². The molecule has 0 saturated heterocycles. The van der Waals surface area contributed by atoms with Crippen molar-refractivity contribution in [3.63, 3.8) is 0 Å². The van der Waals surface area contributed by atoms with E-state index < -0.39 is 12.0 Å². The van der Waals surface area contributed by atoms with Crippen molar-refractivity contribution in [3.8, 4) is 11.3 Å². The summed E-state index contributed by atoms with van der Waals surface area (Å²) in [6.07, 6.45) is 0. The van der Waals surface area contributed by atoms with Gasteiger partial charge in [-0.3, -0.25) is 4.68 Å². The lowest BCUT2D eigenvalue weighted by Crippen LogP contribution is -2.19. The molecule has 0 fully saturated rings. The molecule has 1 aromatic carbocycles. The number of nitrogens with zero attached hydrogens (tertiary/aromatic N) is 2. The lowest BCUT2D eigenvalue weighted by molar-refractivity contribution is 0.0689. The van der Waals surface area contributed by atoms with Gasteiger partial charge in [0.15, 0.2) is 5.69 Å². The molecule has 2 aromatic rings. The number of aromatic nitrogens is 2. The Bertz CT molecular complexity index is 648. The predicted molar refractivity (Wildman–Crippen MR) is 68.8 cm³/mol. The zero-order chi connectivity index (χ0) is 14.0. The first-order chi connectivity index (χ1) is 8.97. The Morgan fingerprint density at radius 3 is 2.68 bits per heavy atom. The van der Waals surface area contributed by atoms with Crippen LogP contribution in [0, 0.1) is 0 Å². The molecule has 0 radical (unpaired) electrons. The second-order valence-electron chi connectivity index (χ2n) is 3.91. The number of anilines is 1. The highest BCUT2D eigenvalue weighted by Gasteiger charge is 2.12. The second kappa shape index (κ2) is 4.81. The van der Waals surface area contributed by atoms with E-state index in [4.69, 9.17) is 10.8 Å². The fraction of sp³-hybridized carbons (Fsp3) is 0.0833. The SMILES string of the molecule is Cn1nc(C(=O)O)cc1-c1cccc(NC(N)=O)c1. The van der Waals surface area contributed by atoms with Crippen molar-refractivity contribution in [1.29, 1.82) is 0 Å².